The normalized spacial score (nSPS) is 27.0. The lowest BCUT2D eigenvalue weighted by Gasteiger charge is -2.37. The van der Waals surface area contributed by atoms with E-state index in [-0.39, 0.29) is 24.1 Å². The molecule has 0 spiro atoms. The van der Waals surface area contributed by atoms with E-state index in [0.29, 0.717) is 5.92 Å². The average Bonchev–Trinajstić information content (AvgIpc) is 2.74. The van der Waals surface area contributed by atoms with Crippen molar-refractivity contribution in [2.45, 2.75) is 82.0 Å². The van der Waals surface area contributed by atoms with Crippen molar-refractivity contribution in [1.82, 2.24) is 0 Å². The van der Waals surface area contributed by atoms with Gasteiger partial charge in [0, 0.05) is 8.80 Å². The van der Waals surface area contributed by atoms with Gasteiger partial charge in [0.1, 0.15) is 11.9 Å². The summed E-state index contributed by atoms with van der Waals surface area (Å²) < 4.78 is 58.4. The molecule has 0 amide bonds. The number of hydrogen-bond acceptors (Lipinski definition) is 3. The molecule has 1 aliphatic carbocycles. The molecule has 0 unspecified atom stereocenters. The Morgan fingerprint density at radius 2 is 1.55 bits per heavy atom. The second-order valence-corrected chi connectivity index (χ2v) is 12.4. The molecule has 1 aromatic carbocycles. The van der Waals surface area contributed by atoms with Crippen LogP contribution in [0.4, 0.5) is 17.6 Å². The van der Waals surface area contributed by atoms with Crippen LogP contribution < -0.4 is 4.74 Å². The van der Waals surface area contributed by atoms with Crippen LogP contribution in [0.25, 0.3) is 0 Å². The zero-order valence-corrected chi connectivity index (χ0v) is 19.0. The summed E-state index contributed by atoms with van der Waals surface area (Å²) in [5.74, 6) is 0.629. The fraction of sp³-hybridized carbons (Fsp3) is 0.696. The Kier molecular flexibility index (Phi) is 8.81. The number of hydrogen-bond donors (Lipinski definition) is 0. The van der Waals surface area contributed by atoms with Crippen LogP contribution in [0.3, 0.4) is 0 Å². The SMILES string of the molecule is O=C(OC1CCC(C2CC[SiH](CCCCF)CC2)CC1)c1ccc(OC(F)(F)F)cc1. The summed E-state index contributed by atoms with van der Waals surface area (Å²) in [6.07, 6.45) is 3.36. The standard InChI is InChI=1S/C23H32F4O3Si/c24-13-1-2-14-31-15-11-18(12-16-31)17-3-7-20(8-4-17)29-22(28)19-5-9-21(10-6-19)30-23(25,26)27/h5-6,9-10,17-18,20,31H,1-4,7-8,11-16H2. The van der Waals surface area contributed by atoms with E-state index in [1.54, 1.807) is 0 Å². The molecule has 8 heteroatoms. The summed E-state index contributed by atoms with van der Waals surface area (Å²) in [4.78, 5) is 12.3. The fourth-order valence-corrected chi connectivity index (χ4v) is 8.70. The van der Waals surface area contributed by atoms with Crippen LogP contribution in [-0.4, -0.2) is 33.9 Å². The summed E-state index contributed by atoms with van der Waals surface area (Å²) in [6, 6.07) is 8.91. The molecule has 2 aliphatic rings. The highest BCUT2D eigenvalue weighted by Gasteiger charge is 2.33. The minimum atomic E-state index is -4.75. The second kappa shape index (κ2) is 11.3. The minimum Gasteiger partial charge on any atom is -0.459 e. The van der Waals surface area contributed by atoms with Gasteiger partial charge in [-0.2, -0.15) is 0 Å². The molecule has 3 rings (SSSR count). The van der Waals surface area contributed by atoms with E-state index >= 15 is 0 Å². The maximum absolute atomic E-state index is 12.3. The van der Waals surface area contributed by atoms with Gasteiger partial charge in [0.05, 0.1) is 12.2 Å². The first-order valence-corrected chi connectivity index (χ1v) is 13.9. The van der Waals surface area contributed by atoms with Crippen LogP contribution in [0.1, 0.15) is 61.7 Å². The smallest absolute Gasteiger partial charge is 0.459 e. The highest BCUT2D eigenvalue weighted by molar-refractivity contribution is 6.58. The fourth-order valence-electron chi connectivity index (χ4n) is 5.17. The van der Waals surface area contributed by atoms with Gasteiger partial charge in [0.25, 0.3) is 0 Å². The number of benzene rings is 1. The molecule has 0 atom stereocenters. The molecular weight excluding hydrogens is 428 g/mol. The van der Waals surface area contributed by atoms with E-state index < -0.39 is 21.1 Å². The Balaban J connectivity index is 1.38. The highest BCUT2D eigenvalue weighted by atomic mass is 28.3. The molecule has 174 valence electrons. The quantitative estimate of drug-likeness (QED) is 0.188. The van der Waals surface area contributed by atoms with Crippen LogP contribution in [0, 0.1) is 11.8 Å². The van der Waals surface area contributed by atoms with Gasteiger partial charge in [-0.05, 0) is 68.2 Å². The highest BCUT2D eigenvalue weighted by Crippen LogP contribution is 2.40. The molecule has 0 bridgehead atoms. The van der Waals surface area contributed by atoms with Crippen molar-refractivity contribution in [3.8, 4) is 5.75 Å². The van der Waals surface area contributed by atoms with Crippen LogP contribution in [0.15, 0.2) is 24.3 Å². The van der Waals surface area contributed by atoms with Gasteiger partial charge >= 0.3 is 12.3 Å². The summed E-state index contributed by atoms with van der Waals surface area (Å²) in [5.41, 5.74) is 0.229. The molecule has 0 N–H and O–H groups in total. The van der Waals surface area contributed by atoms with Gasteiger partial charge in [-0.3, -0.25) is 4.39 Å². The maximum Gasteiger partial charge on any atom is 0.573 e. The Morgan fingerprint density at radius 3 is 2.13 bits per heavy atom. The molecule has 1 aliphatic heterocycles. The molecule has 0 radical (unpaired) electrons. The maximum atomic E-state index is 12.3. The van der Waals surface area contributed by atoms with Gasteiger partial charge in [-0.1, -0.05) is 37.4 Å². The number of halogens is 4. The van der Waals surface area contributed by atoms with E-state index in [1.165, 1.54) is 43.1 Å². The Bertz CT molecular complexity index is 679. The van der Waals surface area contributed by atoms with Crippen molar-refractivity contribution in [2.75, 3.05) is 6.67 Å². The monoisotopic (exact) mass is 460 g/mol. The van der Waals surface area contributed by atoms with Crippen molar-refractivity contribution < 1.29 is 31.8 Å². The number of ether oxygens (including phenoxy) is 2. The van der Waals surface area contributed by atoms with Gasteiger partial charge in [-0.25, -0.2) is 4.79 Å². The number of carbonyl (C=O) groups is 1. The lowest BCUT2D eigenvalue weighted by atomic mass is 9.76. The Morgan fingerprint density at radius 1 is 0.935 bits per heavy atom. The van der Waals surface area contributed by atoms with Crippen LogP contribution >= 0.6 is 0 Å². The number of rotatable bonds is 8. The van der Waals surface area contributed by atoms with Crippen molar-refractivity contribution in [3.05, 3.63) is 29.8 Å². The van der Waals surface area contributed by atoms with Crippen LogP contribution in [0.2, 0.25) is 18.1 Å². The summed E-state index contributed by atoms with van der Waals surface area (Å²) in [6.45, 7) is -0.185. The molecule has 1 aromatic rings. The molecule has 1 saturated heterocycles. The summed E-state index contributed by atoms with van der Waals surface area (Å²) in [7, 11) is -0.641. The average molecular weight is 461 g/mol. The second-order valence-electron chi connectivity index (χ2n) is 8.98. The predicted octanol–water partition coefficient (Wildman–Crippen LogP) is 6.69. The van der Waals surface area contributed by atoms with E-state index in [4.69, 9.17) is 4.74 Å². The number of carbonyl (C=O) groups excluding carboxylic acids is 1. The Labute approximate surface area is 183 Å². The molecule has 0 aromatic heterocycles. The third-order valence-corrected chi connectivity index (χ3v) is 10.4. The van der Waals surface area contributed by atoms with Crippen molar-refractivity contribution >= 4 is 14.8 Å². The third-order valence-electron chi connectivity index (χ3n) is 6.87. The minimum absolute atomic E-state index is 0.124. The lowest BCUT2D eigenvalue weighted by molar-refractivity contribution is -0.274. The topological polar surface area (TPSA) is 35.5 Å². The van der Waals surface area contributed by atoms with Crippen LogP contribution in [0.5, 0.6) is 5.75 Å². The van der Waals surface area contributed by atoms with Gasteiger partial charge < -0.3 is 9.47 Å². The molecule has 1 heterocycles. The van der Waals surface area contributed by atoms with Gasteiger partial charge in [-0.15, -0.1) is 13.2 Å². The summed E-state index contributed by atoms with van der Waals surface area (Å²) >= 11 is 0. The molecule has 31 heavy (non-hydrogen) atoms. The van der Waals surface area contributed by atoms with E-state index in [0.717, 1.165) is 56.6 Å². The predicted molar refractivity (Wildman–Crippen MR) is 114 cm³/mol. The van der Waals surface area contributed by atoms with E-state index in [1.807, 2.05) is 0 Å². The Hall–Kier alpha value is -1.57. The van der Waals surface area contributed by atoms with Crippen molar-refractivity contribution in [1.29, 1.82) is 0 Å². The van der Waals surface area contributed by atoms with Crippen LogP contribution in [-0.2, 0) is 4.74 Å². The van der Waals surface area contributed by atoms with Gasteiger partial charge in [0.2, 0.25) is 0 Å². The first-order chi connectivity index (χ1) is 14.8. The summed E-state index contributed by atoms with van der Waals surface area (Å²) in [5, 5.41) is 0. The molecule has 1 saturated carbocycles. The largest absolute Gasteiger partial charge is 0.573 e. The van der Waals surface area contributed by atoms with Crippen molar-refractivity contribution in [2.24, 2.45) is 11.8 Å². The van der Waals surface area contributed by atoms with E-state index in [9.17, 15) is 22.4 Å². The first kappa shape index (κ1) is 24.1. The molecule has 3 nitrogen and oxygen atoms in total. The first-order valence-electron chi connectivity index (χ1n) is 11.5. The molecule has 2 fully saturated rings. The number of esters is 1. The zero-order valence-electron chi connectivity index (χ0n) is 17.8. The molecular formula is C23H32F4O3Si. The number of unbranched alkanes of at least 4 members (excludes halogenated alkanes) is 1. The van der Waals surface area contributed by atoms with Gasteiger partial charge in [0.15, 0.2) is 0 Å². The number of alkyl halides is 4. The third kappa shape index (κ3) is 7.81. The van der Waals surface area contributed by atoms with E-state index in [2.05, 4.69) is 4.74 Å². The van der Waals surface area contributed by atoms with Crippen molar-refractivity contribution in [3.63, 3.8) is 0 Å². The zero-order chi connectivity index (χ0) is 22.3. The lowest BCUT2D eigenvalue weighted by Crippen LogP contribution is -2.31.